The molecule has 0 saturated carbocycles. The van der Waals surface area contributed by atoms with Crippen molar-refractivity contribution in [2.75, 3.05) is 5.32 Å². The van der Waals surface area contributed by atoms with Crippen LogP contribution < -0.4 is 10.1 Å². The second-order valence-corrected chi connectivity index (χ2v) is 4.56. The molecule has 1 aromatic rings. The minimum atomic E-state index is -1.05. The topological polar surface area (TPSA) is 75.6 Å². The molecule has 5 heteroatoms. The molecule has 0 heterocycles. The molecular weight excluding hydrogens is 258 g/mol. The van der Waals surface area contributed by atoms with Crippen LogP contribution in [-0.4, -0.2) is 23.1 Å². The quantitative estimate of drug-likeness (QED) is 0.751. The number of carboxylic acid groups (broad SMARTS) is 1. The van der Waals surface area contributed by atoms with Gasteiger partial charge in [0.1, 0.15) is 5.75 Å². The Hall–Kier alpha value is -2.30. The highest BCUT2D eigenvalue weighted by Gasteiger charge is 2.12. The maximum Gasteiger partial charge on any atom is 0.335 e. The predicted octanol–water partition coefficient (Wildman–Crippen LogP) is 3.08. The number of allylic oxidation sites excluding steroid dienone is 1. The van der Waals surface area contributed by atoms with Gasteiger partial charge in [-0.15, -0.1) is 6.58 Å². The lowest BCUT2D eigenvalue weighted by atomic mass is 10.1. The summed E-state index contributed by atoms with van der Waals surface area (Å²) in [5.74, 6) is -0.805. The summed E-state index contributed by atoms with van der Waals surface area (Å²) in [5, 5.41) is 11.7. The Morgan fingerprint density at radius 2 is 2.15 bits per heavy atom. The van der Waals surface area contributed by atoms with Crippen molar-refractivity contribution < 1.29 is 19.4 Å². The van der Waals surface area contributed by atoms with E-state index >= 15 is 0 Å². The van der Waals surface area contributed by atoms with Crippen LogP contribution in [0.4, 0.5) is 5.69 Å². The zero-order chi connectivity index (χ0) is 15.1. The minimum Gasteiger partial charge on any atom is -0.489 e. The average molecular weight is 277 g/mol. The Morgan fingerprint density at radius 3 is 2.70 bits per heavy atom. The van der Waals surface area contributed by atoms with Gasteiger partial charge in [0.05, 0.1) is 17.4 Å². The largest absolute Gasteiger partial charge is 0.489 e. The number of anilines is 1. The molecule has 0 fully saturated rings. The van der Waals surface area contributed by atoms with E-state index < -0.39 is 5.97 Å². The van der Waals surface area contributed by atoms with Gasteiger partial charge in [-0.05, 0) is 38.5 Å². The molecule has 1 amide bonds. The molecule has 0 aliphatic carbocycles. The molecule has 5 nitrogen and oxygen atoms in total. The lowest BCUT2D eigenvalue weighted by Gasteiger charge is -2.15. The first kappa shape index (κ1) is 15.8. The average Bonchev–Trinajstić information content (AvgIpc) is 2.37. The van der Waals surface area contributed by atoms with E-state index in [4.69, 9.17) is 9.84 Å². The summed E-state index contributed by atoms with van der Waals surface area (Å²) in [7, 11) is 0. The van der Waals surface area contributed by atoms with Gasteiger partial charge >= 0.3 is 5.97 Å². The van der Waals surface area contributed by atoms with Crippen LogP contribution in [0.2, 0.25) is 0 Å². The SMILES string of the molecule is C=CCCC(=O)Nc1cc(C(=O)O)ccc1OC(C)C. The first-order chi connectivity index (χ1) is 9.43. The normalized spacial score (nSPS) is 10.2. The molecule has 0 spiro atoms. The third-order valence-electron chi connectivity index (χ3n) is 2.44. The lowest BCUT2D eigenvalue weighted by molar-refractivity contribution is -0.116. The summed E-state index contributed by atoms with van der Waals surface area (Å²) in [4.78, 5) is 22.7. The molecule has 0 aliphatic rings. The van der Waals surface area contributed by atoms with Gasteiger partial charge in [-0.2, -0.15) is 0 Å². The van der Waals surface area contributed by atoms with E-state index in [1.54, 1.807) is 12.1 Å². The van der Waals surface area contributed by atoms with Gasteiger partial charge in [0.2, 0.25) is 5.91 Å². The Kier molecular flexibility index (Phi) is 5.77. The van der Waals surface area contributed by atoms with E-state index in [9.17, 15) is 9.59 Å². The molecule has 0 atom stereocenters. The third kappa shape index (κ3) is 4.76. The Balaban J connectivity index is 2.98. The number of amides is 1. The van der Waals surface area contributed by atoms with Crippen molar-refractivity contribution in [2.45, 2.75) is 32.8 Å². The number of carboxylic acids is 1. The van der Waals surface area contributed by atoms with E-state index in [0.717, 1.165) is 0 Å². The van der Waals surface area contributed by atoms with Gasteiger partial charge in [0, 0.05) is 6.42 Å². The van der Waals surface area contributed by atoms with Crippen LogP contribution in [0.5, 0.6) is 5.75 Å². The molecule has 108 valence electrons. The van der Waals surface area contributed by atoms with Crippen LogP contribution in [0.3, 0.4) is 0 Å². The fourth-order valence-electron chi connectivity index (χ4n) is 1.56. The molecule has 0 saturated heterocycles. The smallest absolute Gasteiger partial charge is 0.335 e. The monoisotopic (exact) mass is 277 g/mol. The van der Waals surface area contributed by atoms with Gasteiger partial charge < -0.3 is 15.2 Å². The van der Waals surface area contributed by atoms with Crippen LogP contribution in [0, 0.1) is 0 Å². The molecule has 0 bridgehead atoms. The van der Waals surface area contributed by atoms with E-state index in [-0.39, 0.29) is 17.6 Å². The van der Waals surface area contributed by atoms with Gasteiger partial charge in [-0.3, -0.25) is 4.79 Å². The number of rotatable bonds is 7. The highest BCUT2D eigenvalue weighted by molar-refractivity contribution is 5.95. The number of hydrogen-bond donors (Lipinski definition) is 2. The van der Waals surface area contributed by atoms with Crippen molar-refractivity contribution in [2.24, 2.45) is 0 Å². The van der Waals surface area contributed by atoms with E-state index in [0.29, 0.717) is 24.3 Å². The number of carbonyl (C=O) groups is 2. The summed E-state index contributed by atoms with van der Waals surface area (Å²) < 4.78 is 5.56. The van der Waals surface area contributed by atoms with Crippen molar-refractivity contribution >= 4 is 17.6 Å². The molecule has 20 heavy (non-hydrogen) atoms. The van der Waals surface area contributed by atoms with E-state index in [1.807, 2.05) is 13.8 Å². The van der Waals surface area contributed by atoms with Gasteiger partial charge in [-0.25, -0.2) is 4.79 Å². The lowest BCUT2D eigenvalue weighted by Crippen LogP contribution is -2.14. The predicted molar refractivity (Wildman–Crippen MR) is 77.2 cm³/mol. The maximum atomic E-state index is 11.7. The molecule has 0 unspecified atom stereocenters. The van der Waals surface area contributed by atoms with Crippen LogP contribution in [0.15, 0.2) is 30.9 Å². The number of aromatic carboxylic acids is 1. The molecule has 0 aromatic heterocycles. The van der Waals surface area contributed by atoms with Crippen molar-refractivity contribution in [1.82, 2.24) is 0 Å². The van der Waals surface area contributed by atoms with Crippen molar-refractivity contribution in [3.8, 4) is 5.75 Å². The summed E-state index contributed by atoms with van der Waals surface area (Å²) in [5.41, 5.74) is 0.466. The second kappa shape index (κ2) is 7.33. The molecule has 2 N–H and O–H groups in total. The molecule has 1 rings (SSSR count). The summed E-state index contributed by atoms with van der Waals surface area (Å²) in [6.45, 7) is 7.26. The first-order valence-electron chi connectivity index (χ1n) is 6.38. The Morgan fingerprint density at radius 1 is 1.45 bits per heavy atom. The Labute approximate surface area is 118 Å². The van der Waals surface area contributed by atoms with Crippen LogP contribution in [0.1, 0.15) is 37.0 Å². The van der Waals surface area contributed by atoms with Crippen molar-refractivity contribution in [3.05, 3.63) is 36.4 Å². The second-order valence-electron chi connectivity index (χ2n) is 4.56. The zero-order valence-corrected chi connectivity index (χ0v) is 11.7. The fourth-order valence-corrected chi connectivity index (χ4v) is 1.56. The number of benzene rings is 1. The molecule has 0 aliphatic heterocycles. The van der Waals surface area contributed by atoms with Crippen LogP contribution in [-0.2, 0) is 4.79 Å². The number of carbonyl (C=O) groups excluding carboxylic acids is 1. The molecular formula is C15H19NO4. The fraction of sp³-hybridized carbons (Fsp3) is 0.333. The van der Waals surface area contributed by atoms with Crippen molar-refractivity contribution in [1.29, 1.82) is 0 Å². The third-order valence-corrected chi connectivity index (χ3v) is 2.44. The molecule has 0 radical (unpaired) electrons. The van der Waals surface area contributed by atoms with Gasteiger partial charge in [0.25, 0.3) is 0 Å². The Bertz CT molecular complexity index is 509. The first-order valence-corrected chi connectivity index (χ1v) is 6.38. The highest BCUT2D eigenvalue weighted by Crippen LogP contribution is 2.27. The minimum absolute atomic E-state index is 0.0745. The summed E-state index contributed by atoms with van der Waals surface area (Å²) in [6.07, 6.45) is 2.43. The number of nitrogens with one attached hydrogen (secondary N) is 1. The van der Waals surface area contributed by atoms with Gasteiger partial charge in [0.15, 0.2) is 0 Å². The van der Waals surface area contributed by atoms with Gasteiger partial charge in [-0.1, -0.05) is 6.08 Å². The summed E-state index contributed by atoms with van der Waals surface area (Å²) in [6, 6.07) is 4.39. The van der Waals surface area contributed by atoms with Crippen molar-refractivity contribution in [3.63, 3.8) is 0 Å². The zero-order valence-electron chi connectivity index (χ0n) is 11.7. The van der Waals surface area contributed by atoms with E-state index in [1.165, 1.54) is 12.1 Å². The number of hydrogen-bond acceptors (Lipinski definition) is 3. The standard InChI is InChI=1S/C15H19NO4/c1-4-5-6-14(17)16-12-9-11(15(18)19)7-8-13(12)20-10(2)3/h4,7-10H,1,5-6H2,2-3H3,(H,16,17)(H,18,19). The van der Waals surface area contributed by atoms with E-state index in [2.05, 4.69) is 11.9 Å². The number of ether oxygens (including phenoxy) is 1. The molecule has 1 aromatic carbocycles. The summed E-state index contributed by atoms with van der Waals surface area (Å²) >= 11 is 0. The van der Waals surface area contributed by atoms with Crippen LogP contribution in [0.25, 0.3) is 0 Å². The van der Waals surface area contributed by atoms with Crippen LogP contribution >= 0.6 is 0 Å². The maximum absolute atomic E-state index is 11.7. The highest BCUT2D eigenvalue weighted by atomic mass is 16.5.